The highest BCUT2D eigenvalue weighted by atomic mass is 16.7. The molecule has 0 saturated carbocycles. The first-order chi connectivity index (χ1) is 7.68. The van der Waals surface area contributed by atoms with Crippen LogP contribution in [0.4, 0.5) is 0 Å². The molecule has 0 aliphatic carbocycles. The molecule has 0 bridgehead atoms. The number of aliphatic hydroxyl groups excluding tert-OH is 3. The van der Waals surface area contributed by atoms with E-state index < -0.39 is 24.6 Å². The molecule has 0 amide bonds. The third-order valence-corrected chi connectivity index (χ3v) is 2.45. The van der Waals surface area contributed by atoms with Crippen LogP contribution in [0.5, 0.6) is 5.75 Å². The lowest BCUT2D eigenvalue weighted by Crippen LogP contribution is -2.54. The number of hydrogen-bond acceptors (Lipinski definition) is 5. The Bertz CT molecular complexity index is 328. The summed E-state index contributed by atoms with van der Waals surface area (Å²) in [5, 5.41) is 28.3. The molecule has 0 unspecified atom stereocenters. The second-order valence-corrected chi connectivity index (χ2v) is 3.68. The van der Waals surface area contributed by atoms with Crippen molar-refractivity contribution in [2.75, 3.05) is 6.61 Å². The van der Waals surface area contributed by atoms with Crippen LogP contribution >= 0.6 is 0 Å². The summed E-state index contributed by atoms with van der Waals surface area (Å²) in [6, 6.07) is 8.84. The van der Waals surface area contributed by atoms with E-state index in [1.54, 1.807) is 24.3 Å². The van der Waals surface area contributed by atoms with E-state index in [-0.39, 0.29) is 6.61 Å². The van der Waals surface area contributed by atoms with Crippen LogP contribution in [0.2, 0.25) is 0 Å². The molecule has 1 saturated heterocycles. The Morgan fingerprint density at radius 2 is 1.75 bits per heavy atom. The van der Waals surface area contributed by atoms with Gasteiger partial charge in [0, 0.05) is 0 Å². The van der Waals surface area contributed by atoms with Gasteiger partial charge >= 0.3 is 0 Å². The van der Waals surface area contributed by atoms with Crippen LogP contribution in [0, 0.1) is 0 Å². The summed E-state index contributed by atoms with van der Waals surface area (Å²) < 4.78 is 10.4. The van der Waals surface area contributed by atoms with Gasteiger partial charge in [-0.2, -0.15) is 0 Å². The first-order valence-electron chi connectivity index (χ1n) is 5.06. The number of benzene rings is 1. The lowest BCUT2D eigenvalue weighted by atomic mass is 10.1. The van der Waals surface area contributed by atoms with Gasteiger partial charge in [0.2, 0.25) is 6.29 Å². The maximum atomic E-state index is 9.61. The monoisotopic (exact) mass is 226 g/mol. The molecule has 5 nitrogen and oxygen atoms in total. The van der Waals surface area contributed by atoms with Gasteiger partial charge in [0.15, 0.2) is 0 Å². The predicted molar refractivity (Wildman–Crippen MR) is 54.8 cm³/mol. The summed E-state index contributed by atoms with van der Waals surface area (Å²) in [6.45, 7) is -0.0598. The van der Waals surface area contributed by atoms with Crippen LogP contribution in [0.15, 0.2) is 30.3 Å². The van der Waals surface area contributed by atoms with Crippen molar-refractivity contribution >= 4 is 0 Å². The summed E-state index contributed by atoms with van der Waals surface area (Å²) >= 11 is 0. The highest BCUT2D eigenvalue weighted by molar-refractivity contribution is 5.21. The molecule has 1 aromatic carbocycles. The summed E-state index contributed by atoms with van der Waals surface area (Å²) in [4.78, 5) is 0. The largest absolute Gasteiger partial charge is 0.462 e. The normalized spacial score (nSPS) is 34.7. The number of para-hydroxylation sites is 1. The van der Waals surface area contributed by atoms with Crippen molar-refractivity contribution in [1.82, 2.24) is 0 Å². The molecular formula is C11H14O5. The van der Waals surface area contributed by atoms with Gasteiger partial charge in [0.05, 0.1) is 6.61 Å². The zero-order valence-corrected chi connectivity index (χ0v) is 8.56. The zero-order valence-electron chi connectivity index (χ0n) is 8.56. The standard InChI is InChI=1S/C11H14O5/c12-8-6-15-11(10(14)9(8)13)16-7-4-2-1-3-5-7/h1-5,8-14H,6H2/t8-,9-,10+,11+/m0/s1. The van der Waals surface area contributed by atoms with Crippen molar-refractivity contribution in [2.24, 2.45) is 0 Å². The minimum Gasteiger partial charge on any atom is -0.462 e. The van der Waals surface area contributed by atoms with Gasteiger partial charge in [-0.1, -0.05) is 18.2 Å². The van der Waals surface area contributed by atoms with Crippen LogP contribution < -0.4 is 4.74 Å². The van der Waals surface area contributed by atoms with Gasteiger partial charge in [0.25, 0.3) is 0 Å². The van der Waals surface area contributed by atoms with Crippen molar-refractivity contribution in [3.63, 3.8) is 0 Å². The minimum absolute atomic E-state index is 0.0598. The molecule has 88 valence electrons. The first kappa shape index (κ1) is 11.3. The van der Waals surface area contributed by atoms with Gasteiger partial charge in [-0.3, -0.25) is 0 Å². The molecular weight excluding hydrogens is 212 g/mol. The van der Waals surface area contributed by atoms with Crippen LogP contribution in [-0.2, 0) is 4.74 Å². The molecule has 16 heavy (non-hydrogen) atoms. The summed E-state index contributed by atoms with van der Waals surface area (Å²) in [5.74, 6) is 0.537. The van der Waals surface area contributed by atoms with E-state index >= 15 is 0 Å². The fourth-order valence-electron chi connectivity index (χ4n) is 1.52. The van der Waals surface area contributed by atoms with Crippen LogP contribution in [0.3, 0.4) is 0 Å². The molecule has 3 N–H and O–H groups in total. The zero-order chi connectivity index (χ0) is 11.5. The van der Waals surface area contributed by atoms with Crippen LogP contribution in [0.1, 0.15) is 0 Å². The van der Waals surface area contributed by atoms with Crippen molar-refractivity contribution in [2.45, 2.75) is 24.6 Å². The predicted octanol–water partition coefficient (Wildman–Crippen LogP) is -0.496. The fourth-order valence-corrected chi connectivity index (χ4v) is 1.52. The van der Waals surface area contributed by atoms with E-state index in [1.807, 2.05) is 6.07 Å². The molecule has 2 rings (SSSR count). The molecule has 0 radical (unpaired) electrons. The Labute approximate surface area is 92.9 Å². The molecule has 1 aliphatic rings. The summed E-state index contributed by atoms with van der Waals surface area (Å²) in [7, 11) is 0. The fraction of sp³-hybridized carbons (Fsp3) is 0.455. The average molecular weight is 226 g/mol. The molecule has 1 heterocycles. The number of rotatable bonds is 2. The van der Waals surface area contributed by atoms with Gasteiger partial charge in [-0.05, 0) is 12.1 Å². The van der Waals surface area contributed by atoms with Crippen LogP contribution in [-0.4, -0.2) is 46.5 Å². The van der Waals surface area contributed by atoms with Crippen molar-refractivity contribution in [3.8, 4) is 5.75 Å². The molecule has 1 aliphatic heterocycles. The molecule has 1 fully saturated rings. The van der Waals surface area contributed by atoms with E-state index in [0.29, 0.717) is 5.75 Å². The van der Waals surface area contributed by atoms with Crippen molar-refractivity contribution in [1.29, 1.82) is 0 Å². The topological polar surface area (TPSA) is 79.2 Å². The van der Waals surface area contributed by atoms with E-state index in [4.69, 9.17) is 9.47 Å². The summed E-state index contributed by atoms with van der Waals surface area (Å²) in [6.07, 6.45) is -4.54. The third kappa shape index (κ3) is 2.33. The van der Waals surface area contributed by atoms with Gasteiger partial charge in [-0.15, -0.1) is 0 Å². The third-order valence-electron chi connectivity index (χ3n) is 2.45. The van der Waals surface area contributed by atoms with Gasteiger partial charge in [-0.25, -0.2) is 0 Å². The van der Waals surface area contributed by atoms with Gasteiger partial charge in [0.1, 0.15) is 24.1 Å². The quantitative estimate of drug-likeness (QED) is 0.634. The second kappa shape index (κ2) is 4.80. The van der Waals surface area contributed by atoms with Crippen molar-refractivity contribution < 1.29 is 24.8 Å². The Morgan fingerprint density at radius 1 is 1.06 bits per heavy atom. The van der Waals surface area contributed by atoms with Crippen molar-refractivity contribution in [3.05, 3.63) is 30.3 Å². The average Bonchev–Trinajstić information content (AvgIpc) is 2.31. The molecule has 5 heteroatoms. The number of aliphatic hydroxyl groups is 3. The highest BCUT2D eigenvalue weighted by Gasteiger charge is 2.38. The Hall–Kier alpha value is -1.14. The smallest absolute Gasteiger partial charge is 0.228 e. The molecule has 0 aromatic heterocycles. The maximum absolute atomic E-state index is 9.61. The summed E-state index contributed by atoms with van der Waals surface area (Å²) in [5.41, 5.74) is 0. The first-order valence-corrected chi connectivity index (χ1v) is 5.06. The van der Waals surface area contributed by atoms with E-state index in [2.05, 4.69) is 0 Å². The Morgan fingerprint density at radius 3 is 2.44 bits per heavy atom. The Balaban J connectivity index is 2.00. The lowest BCUT2D eigenvalue weighted by molar-refractivity contribution is -0.242. The van der Waals surface area contributed by atoms with E-state index in [1.165, 1.54) is 0 Å². The Kier molecular flexibility index (Phi) is 3.40. The van der Waals surface area contributed by atoms with Crippen LogP contribution in [0.25, 0.3) is 0 Å². The number of ether oxygens (including phenoxy) is 2. The maximum Gasteiger partial charge on any atom is 0.228 e. The lowest BCUT2D eigenvalue weighted by Gasteiger charge is -2.34. The van der Waals surface area contributed by atoms with E-state index in [0.717, 1.165) is 0 Å². The van der Waals surface area contributed by atoms with E-state index in [9.17, 15) is 15.3 Å². The van der Waals surface area contributed by atoms with Gasteiger partial charge < -0.3 is 24.8 Å². The highest BCUT2D eigenvalue weighted by Crippen LogP contribution is 2.19. The second-order valence-electron chi connectivity index (χ2n) is 3.68. The molecule has 0 spiro atoms. The SMILES string of the molecule is O[C@@H]1[C@@H](O)[C@@H](Oc2ccccc2)OC[C@@H]1O. The molecule has 4 atom stereocenters. The number of hydrogen-bond donors (Lipinski definition) is 3. The minimum atomic E-state index is -1.26. The molecule has 1 aromatic rings.